The molecule has 0 saturated heterocycles. The van der Waals surface area contributed by atoms with Gasteiger partial charge in [-0.2, -0.15) is 0 Å². The molecule has 1 aliphatic carbocycles. The van der Waals surface area contributed by atoms with Gasteiger partial charge in [0.05, 0.1) is 0 Å². The Morgan fingerprint density at radius 1 is 1.00 bits per heavy atom. The van der Waals surface area contributed by atoms with Gasteiger partial charge in [-0.3, -0.25) is 0 Å². The standard InChI is InChI=1S/C6H10O2/c7-3-5-1-2-6(5)4-8/h1-2,5-8H,3-4H2/t5-,6+. The van der Waals surface area contributed by atoms with Gasteiger partial charge in [0.15, 0.2) is 0 Å². The van der Waals surface area contributed by atoms with Crippen molar-refractivity contribution < 1.29 is 10.2 Å². The van der Waals surface area contributed by atoms with Crippen molar-refractivity contribution in [2.45, 2.75) is 0 Å². The number of rotatable bonds is 2. The molecule has 0 bridgehead atoms. The van der Waals surface area contributed by atoms with Crippen LogP contribution in [0.5, 0.6) is 0 Å². The Bertz CT molecular complexity index is 86.7. The number of hydrogen-bond donors (Lipinski definition) is 2. The van der Waals surface area contributed by atoms with Gasteiger partial charge in [0.2, 0.25) is 0 Å². The Balaban J connectivity index is 2.30. The fraction of sp³-hybridized carbons (Fsp3) is 0.667. The first-order valence-corrected chi connectivity index (χ1v) is 2.78. The minimum Gasteiger partial charge on any atom is -0.396 e. The van der Waals surface area contributed by atoms with Crippen LogP contribution in [0.25, 0.3) is 0 Å². The topological polar surface area (TPSA) is 40.5 Å². The van der Waals surface area contributed by atoms with Crippen LogP contribution >= 0.6 is 0 Å². The highest BCUT2D eigenvalue weighted by molar-refractivity contribution is 5.08. The monoisotopic (exact) mass is 114 g/mol. The summed E-state index contributed by atoms with van der Waals surface area (Å²) in [6.07, 6.45) is 3.84. The molecule has 0 unspecified atom stereocenters. The second-order valence-electron chi connectivity index (χ2n) is 2.08. The first kappa shape index (κ1) is 5.79. The second kappa shape index (κ2) is 2.29. The average molecular weight is 114 g/mol. The van der Waals surface area contributed by atoms with Crippen molar-refractivity contribution in [3.8, 4) is 0 Å². The normalized spacial score (nSPS) is 34.8. The summed E-state index contributed by atoms with van der Waals surface area (Å²) < 4.78 is 0. The van der Waals surface area contributed by atoms with E-state index in [-0.39, 0.29) is 25.0 Å². The minimum atomic E-state index is 0.168. The zero-order valence-electron chi connectivity index (χ0n) is 4.62. The molecule has 0 aromatic heterocycles. The van der Waals surface area contributed by atoms with E-state index >= 15 is 0 Å². The summed E-state index contributed by atoms with van der Waals surface area (Å²) in [5.41, 5.74) is 0. The van der Waals surface area contributed by atoms with Crippen LogP contribution in [0, 0.1) is 11.8 Å². The Kier molecular flexibility index (Phi) is 1.65. The van der Waals surface area contributed by atoms with Gasteiger partial charge in [0.25, 0.3) is 0 Å². The van der Waals surface area contributed by atoms with Crippen molar-refractivity contribution in [1.82, 2.24) is 0 Å². The quantitative estimate of drug-likeness (QED) is 0.487. The van der Waals surface area contributed by atoms with Crippen molar-refractivity contribution in [3.05, 3.63) is 12.2 Å². The van der Waals surface area contributed by atoms with Crippen LogP contribution in [0.4, 0.5) is 0 Å². The highest BCUT2D eigenvalue weighted by atomic mass is 16.3. The first-order valence-electron chi connectivity index (χ1n) is 2.78. The molecule has 0 aromatic rings. The molecule has 0 aliphatic heterocycles. The summed E-state index contributed by atoms with van der Waals surface area (Å²) in [6, 6.07) is 0. The van der Waals surface area contributed by atoms with Crippen LogP contribution in [0.3, 0.4) is 0 Å². The van der Waals surface area contributed by atoms with Gasteiger partial charge in [-0.1, -0.05) is 12.2 Å². The average Bonchev–Trinajstić information content (AvgIpc) is 1.66. The fourth-order valence-corrected chi connectivity index (χ4v) is 0.818. The van der Waals surface area contributed by atoms with E-state index in [0.29, 0.717) is 0 Å². The molecule has 46 valence electrons. The summed E-state index contributed by atoms with van der Waals surface area (Å²) in [5.74, 6) is 0.444. The molecule has 2 heteroatoms. The van der Waals surface area contributed by atoms with Gasteiger partial charge in [-0.05, 0) is 0 Å². The van der Waals surface area contributed by atoms with Crippen LogP contribution in [-0.2, 0) is 0 Å². The summed E-state index contributed by atoms with van der Waals surface area (Å²) in [4.78, 5) is 0. The zero-order valence-corrected chi connectivity index (χ0v) is 4.62. The van der Waals surface area contributed by atoms with E-state index in [1.165, 1.54) is 0 Å². The van der Waals surface area contributed by atoms with Crippen molar-refractivity contribution >= 4 is 0 Å². The largest absolute Gasteiger partial charge is 0.396 e. The predicted octanol–water partition coefficient (Wildman–Crippen LogP) is -0.227. The number of hydrogen-bond acceptors (Lipinski definition) is 2. The predicted molar refractivity (Wildman–Crippen MR) is 30.3 cm³/mol. The fourth-order valence-electron chi connectivity index (χ4n) is 0.818. The summed E-state index contributed by atoms with van der Waals surface area (Å²) in [7, 11) is 0. The lowest BCUT2D eigenvalue weighted by atomic mass is 9.84. The van der Waals surface area contributed by atoms with Crippen molar-refractivity contribution in [2.24, 2.45) is 11.8 Å². The number of aliphatic hydroxyl groups is 2. The zero-order chi connectivity index (χ0) is 5.98. The maximum absolute atomic E-state index is 8.53. The smallest absolute Gasteiger partial charge is 0.0500 e. The van der Waals surface area contributed by atoms with E-state index in [4.69, 9.17) is 10.2 Å². The highest BCUT2D eigenvalue weighted by Crippen LogP contribution is 2.23. The van der Waals surface area contributed by atoms with E-state index < -0.39 is 0 Å². The molecule has 0 heterocycles. The molecular weight excluding hydrogens is 104 g/mol. The third-order valence-electron chi connectivity index (χ3n) is 1.58. The molecular formula is C6H10O2. The van der Waals surface area contributed by atoms with Crippen LogP contribution in [-0.4, -0.2) is 23.4 Å². The summed E-state index contributed by atoms with van der Waals surface area (Å²) >= 11 is 0. The third-order valence-corrected chi connectivity index (χ3v) is 1.58. The Morgan fingerprint density at radius 3 is 1.50 bits per heavy atom. The lowest BCUT2D eigenvalue weighted by molar-refractivity contribution is 0.154. The molecule has 0 radical (unpaired) electrons. The molecule has 0 spiro atoms. The Hall–Kier alpha value is -0.340. The molecule has 2 nitrogen and oxygen atoms in total. The van der Waals surface area contributed by atoms with Gasteiger partial charge >= 0.3 is 0 Å². The molecule has 2 atom stereocenters. The van der Waals surface area contributed by atoms with Gasteiger partial charge < -0.3 is 10.2 Å². The van der Waals surface area contributed by atoms with Gasteiger partial charge in [-0.25, -0.2) is 0 Å². The Labute approximate surface area is 48.5 Å². The van der Waals surface area contributed by atoms with Gasteiger partial charge in [-0.15, -0.1) is 0 Å². The van der Waals surface area contributed by atoms with E-state index in [1.54, 1.807) is 0 Å². The summed E-state index contributed by atoms with van der Waals surface area (Å²) in [6.45, 7) is 0.337. The van der Waals surface area contributed by atoms with Gasteiger partial charge in [0, 0.05) is 25.0 Å². The van der Waals surface area contributed by atoms with Crippen LogP contribution in [0.1, 0.15) is 0 Å². The summed E-state index contributed by atoms with van der Waals surface area (Å²) in [5, 5.41) is 17.1. The van der Waals surface area contributed by atoms with E-state index in [9.17, 15) is 0 Å². The van der Waals surface area contributed by atoms with Crippen LogP contribution < -0.4 is 0 Å². The van der Waals surface area contributed by atoms with Crippen molar-refractivity contribution in [2.75, 3.05) is 13.2 Å². The van der Waals surface area contributed by atoms with E-state index in [2.05, 4.69) is 0 Å². The molecule has 0 fully saturated rings. The third kappa shape index (κ3) is 0.767. The van der Waals surface area contributed by atoms with Crippen molar-refractivity contribution in [3.63, 3.8) is 0 Å². The molecule has 0 amide bonds. The molecule has 1 rings (SSSR count). The molecule has 0 saturated carbocycles. The SMILES string of the molecule is OC[C@H]1C=C[C@H]1CO. The number of aliphatic hydroxyl groups excluding tert-OH is 2. The lowest BCUT2D eigenvalue weighted by Crippen LogP contribution is -2.24. The molecule has 1 aliphatic rings. The highest BCUT2D eigenvalue weighted by Gasteiger charge is 2.21. The molecule has 0 aromatic carbocycles. The molecule has 8 heavy (non-hydrogen) atoms. The minimum absolute atomic E-state index is 0.168. The van der Waals surface area contributed by atoms with Gasteiger partial charge in [0.1, 0.15) is 0 Å². The maximum atomic E-state index is 8.53. The van der Waals surface area contributed by atoms with Crippen molar-refractivity contribution in [1.29, 1.82) is 0 Å². The lowest BCUT2D eigenvalue weighted by Gasteiger charge is -2.25. The second-order valence-corrected chi connectivity index (χ2v) is 2.08. The van der Waals surface area contributed by atoms with Crippen LogP contribution in [0.2, 0.25) is 0 Å². The van der Waals surface area contributed by atoms with E-state index in [1.807, 2.05) is 12.2 Å². The first-order chi connectivity index (χ1) is 3.88. The van der Waals surface area contributed by atoms with Crippen LogP contribution in [0.15, 0.2) is 12.2 Å². The Morgan fingerprint density at radius 2 is 1.38 bits per heavy atom. The molecule has 2 N–H and O–H groups in total. The maximum Gasteiger partial charge on any atom is 0.0500 e. The van der Waals surface area contributed by atoms with E-state index in [0.717, 1.165) is 0 Å².